The van der Waals surface area contributed by atoms with Gasteiger partial charge in [-0.15, -0.1) is 11.3 Å². The highest BCUT2D eigenvalue weighted by molar-refractivity contribution is 7.20. The van der Waals surface area contributed by atoms with Crippen LogP contribution in [-0.4, -0.2) is 32.6 Å². The number of fused-ring (bicyclic) bond motifs is 2. The number of aryl methyl sites for hydroxylation is 1. The molecule has 1 aliphatic heterocycles. The van der Waals surface area contributed by atoms with E-state index in [4.69, 9.17) is 4.84 Å². The lowest BCUT2D eigenvalue weighted by molar-refractivity contribution is -0.0581. The Hall–Kier alpha value is -3.85. The Morgan fingerprint density at radius 1 is 1.03 bits per heavy atom. The molecule has 2 amide bonds. The molecule has 0 saturated heterocycles. The molecule has 0 unspecified atom stereocenters. The molecule has 3 heterocycles. The summed E-state index contributed by atoms with van der Waals surface area (Å²) in [5, 5.41) is 5.64. The number of thiophene rings is 1. The van der Waals surface area contributed by atoms with Gasteiger partial charge >= 0.3 is 5.97 Å². The third-order valence-electron chi connectivity index (χ3n) is 4.75. The van der Waals surface area contributed by atoms with E-state index in [0.29, 0.717) is 21.3 Å². The zero-order valence-electron chi connectivity index (χ0n) is 15.5. The van der Waals surface area contributed by atoms with Gasteiger partial charge in [0.2, 0.25) is 0 Å². The zero-order chi connectivity index (χ0) is 21.0. The molecule has 1 aliphatic rings. The molecule has 7 nitrogen and oxygen atoms in total. The number of benzene rings is 2. The second-order valence-electron chi connectivity index (χ2n) is 6.63. The Balaban J connectivity index is 1.47. The first-order valence-corrected chi connectivity index (χ1v) is 9.71. The third-order valence-corrected chi connectivity index (χ3v) is 5.84. The lowest BCUT2D eigenvalue weighted by Crippen LogP contribution is -2.32. The summed E-state index contributed by atoms with van der Waals surface area (Å²) in [6.45, 7) is 1.79. The Morgan fingerprint density at radius 2 is 1.67 bits per heavy atom. The molecular weight excluding hydrogens is 409 g/mol. The van der Waals surface area contributed by atoms with Crippen molar-refractivity contribution in [2.24, 2.45) is 0 Å². The minimum Gasteiger partial charge on any atom is -0.323 e. The predicted octanol–water partition coefficient (Wildman–Crippen LogP) is 3.90. The Labute approximate surface area is 172 Å². The van der Waals surface area contributed by atoms with Gasteiger partial charge in [0.1, 0.15) is 15.5 Å². The predicted molar refractivity (Wildman–Crippen MR) is 106 cm³/mol. The van der Waals surface area contributed by atoms with Crippen LogP contribution in [0.15, 0.2) is 54.6 Å². The molecule has 0 fully saturated rings. The average molecular weight is 421 g/mol. The van der Waals surface area contributed by atoms with Gasteiger partial charge in [-0.3, -0.25) is 9.59 Å². The third kappa shape index (κ3) is 2.71. The molecule has 0 N–H and O–H groups in total. The molecule has 0 atom stereocenters. The molecule has 0 bridgehead atoms. The number of carbonyl (C=O) groups is 3. The SMILES string of the molecule is Cc1nn(-c2ccc(F)cc2)c2sc(C(=O)ON3C(=O)c4ccccc4C3=O)cc12. The standard InChI is InChI=1S/C21H12FN3O4S/c1-11-16-10-17(30-20(16)24(23-11)13-8-6-12(22)7-9-13)21(28)29-25-18(26)14-4-2-3-5-15(14)19(25)27/h2-10H,1H3. The number of hydrogen-bond donors (Lipinski definition) is 0. The number of rotatable bonds is 3. The van der Waals surface area contributed by atoms with Crippen molar-refractivity contribution in [3.63, 3.8) is 0 Å². The molecule has 30 heavy (non-hydrogen) atoms. The highest BCUT2D eigenvalue weighted by Crippen LogP contribution is 2.32. The van der Waals surface area contributed by atoms with Crippen LogP contribution in [0.4, 0.5) is 4.39 Å². The van der Waals surface area contributed by atoms with Crippen molar-refractivity contribution < 1.29 is 23.6 Å². The fourth-order valence-electron chi connectivity index (χ4n) is 3.28. The van der Waals surface area contributed by atoms with Crippen molar-refractivity contribution in [1.29, 1.82) is 0 Å². The van der Waals surface area contributed by atoms with E-state index in [1.807, 2.05) is 0 Å². The lowest BCUT2D eigenvalue weighted by atomic mass is 10.1. The summed E-state index contributed by atoms with van der Waals surface area (Å²) in [4.78, 5) is 43.5. The van der Waals surface area contributed by atoms with E-state index in [0.717, 1.165) is 16.7 Å². The maximum absolute atomic E-state index is 13.2. The summed E-state index contributed by atoms with van der Waals surface area (Å²) >= 11 is 1.10. The van der Waals surface area contributed by atoms with Gasteiger partial charge in [-0.05, 0) is 49.4 Å². The van der Waals surface area contributed by atoms with Crippen molar-refractivity contribution in [1.82, 2.24) is 14.8 Å². The Morgan fingerprint density at radius 3 is 2.30 bits per heavy atom. The summed E-state index contributed by atoms with van der Waals surface area (Å²) in [6.07, 6.45) is 0. The molecule has 9 heteroatoms. The van der Waals surface area contributed by atoms with Gasteiger partial charge in [-0.1, -0.05) is 17.2 Å². The van der Waals surface area contributed by atoms with Crippen molar-refractivity contribution in [2.45, 2.75) is 6.92 Å². The first-order chi connectivity index (χ1) is 14.4. The van der Waals surface area contributed by atoms with Crippen LogP contribution in [-0.2, 0) is 4.84 Å². The first kappa shape index (κ1) is 18.2. The molecule has 4 aromatic rings. The lowest BCUT2D eigenvalue weighted by Gasteiger charge is -2.11. The molecule has 0 spiro atoms. The van der Waals surface area contributed by atoms with Crippen LogP contribution in [0.5, 0.6) is 0 Å². The Kier molecular flexibility index (Phi) is 4.00. The average Bonchev–Trinajstić information content (AvgIpc) is 3.38. The quantitative estimate of drug-likeness (QED) is 0.469. The molecule has 0 radical (unpaired) electrons. The monoisotopic (exact) mass is 421 g/mol. The van der Waals surface area contributed by atoms with E-state index in [1.54, 1.807) is 41.9 Å². The van der Waals surface area contributed by atoms with Gasteiger partial charge in [0.25, 0.3) is 11.8 Å². The van der Waals surface area contributed by atoms with Gasteiger partial charge in [0.05, 0.1) is 22.5 Å². The second kappa shape index (κ2) is 6.60. The number of nitrogens with zero attached hydrogens (tertiary/aromatic N) is 3. The number of imide groups is 1. The van der Waals surface area contributed by atoms with Crippen LogP contribution < -0.4 is 0 Å². The number of amides is 2. The summed E-state index contributed by atoms with van der Waals surface area (Å²) in [7, 11) is 0. The summed E-state index contributed by atoms with van der Waals surface area (Å²) < 4.78 is 14.8. The van der Waals surface area contributed by atoms with E-state index >= 15 is 0 Å². The fourth-order valence-corrected chi connectivity index (χ4v) is 4.34. The highest BCUT2D eigenvalue weighted by atomic mass is 32.1. The molecule has 2 aromatic heterocycles. The van der Waals surface area contributed by atoms with Gasteiger partial charge in [0.15, 0.2) is 0 Å². The maximum atomic E-state index is 13.2. The molecule has 0 aliphatic carbocycles. The van der Waals surface area contributed by atoms with Crippen LogP contribution in [0.3, 0.4) is 0 Å². The minimum absolute atomic E-state index is 0.189. The minimum atomic E-state index is -0.823. The largest absolute Gasteiger partial charge is 0.373 e. The number of hydroxylamine groups is 2. The summed E-state index contributed by atoms with van der Waals surface area (Å²) in [5.74, 6) is -2.55. The van der Waals surface area contributed by atoms with Crippen LogP contribution in [0.1, 0.15) is 36.1 Å². The van der Waals surface area contributed by atoms with E-state index in [2.05, 4.69) is 5.10 Å². The van der Waals surface area contributed by atoms with Crippen molar-refractivity contribution in [3.8, 4) is 5.69 Å². The topological polar surface area (TPSA) is 81.5 Å². The van der Waals surface area contributed by atoms with Crippen LogP contribution in [0, 0.1) is 12.7 Å². The smallest absolute Gasteiger partial charge is 0.323 e. The van der Waals surface area contributed by atoms with Crippen molar-refractivity contribution in [2.75, 3.05) is 0 Å². The van der Waals surface area contributed by atoms with Crippen LogP contribution >= 0.6 is 11.3 Å². The molecular formula is C21H12FN3O4S. The number of aromatic nitrogens is 2. The van der Waals surface area contributed by atoms with Gasteiger partial charge in [-0.25, -0.2) is 13.9 Å². The first-order valence-electron chi connectivity index (χ1n) is 8.89. The van der Waals surface area contributed by atoms with E-state index in [1.165, 1.54) is 24.3 Å². The zero-order valence-corrected chi connectivity index (χ0v) is 16.3. The van der Waals surface area contributed by atoms with Gasteiger partial charge in [-0.2, -0.15) is 5.10 Å². The molecule has 2 aromatic carbocycles. The van der Waals surface area contributed by atoms with E-state index in [9.17, 15) is 18.8 Å². The van der Waals surface area contributed by atoms with E-state index < -0.39 is 17.8 Å². The maximum Gasteiger partial charge on any atom is 0.373 e. The van der Waals surface area contributed by atoms with Crippen molar-refractivity contribution in [3.05, 3.63) is 82.1 Å². The number of carbonyl (C=O) groups excluding carboxylic acids is 3. The van der Waals surface area contributed by atoms with E-state index in [-0.39, 0.29) is 21.8 Å². The van der Waals surface area contributed by atoms with Gasteiger partial charge in [0, 0.05) is 5.39 Å². The highest BCUT2D eigenvalue weighted by Gasteiger charge is 2.39. The molecule has 5 rings (SSSR count). The van der Waals surface area contributed by atoms with Gasteiger partial charge < -0.3 is 4.84 Å². The number of halogens is 1. The second-order valence-corrected chi connectivity index (χ2v) is 7.66. The fraction of sp³-hybridized carbons (Fsp3) is 0.0476. The summed E-state index contributed by atoms with van der Waals surface area (Å²) in [5.41, 5.74) is 1.69. The van der Waals surface area contributed by atoms with Crippen molar-refractivity contribution >= 4 is 39.3 Å². The summed E-state index contributed by atoms with van der Waals surface area (Å²) in [6, 6.07) is 13.7. The molecule has 0 saturated carbocycles. The van der Waals surface area contributed by atoms with Crippen LogP contribution in [0.25, 0.3) is 15.9 Å². The Bertz CT molecular complexity index is 1320. The molecule has 148 valence electrons. The normalized spacial score (nSPS) is 13.2. The van der Waals surface area contributed by atoms with Crippen LogP contribution in [0.2, 0.25) is 0 Å². The number of hydrogen-bond acceptors (Lipinski definition) is 6.